The number of ether oxygens (including phenoxy) is 1. The van der Waals surface area contributed by atoms with E-state index in [1.807, 2.05) is 36.4 Å². The smallest absolute Gasteiger partial charge is 0.257 e. The van der Waals surface area contributed by atoms with Crippen LogP contribution >= 0.6 is 0 Å². The standard InChI is InChI=1S/C13H11FO/c1-2-13(14)15-12-9-5-7-10-6-3-4-8-11(10)12/h2-9,13H,1H2. The average molecular weight is 202 g/mol. The second kappa shape index (κ2) is 4.13. The normalized spacial score (nSPS) is 12.3. The Bertz CT molecular complexity index is 473. The first-order chi connectivity index (χ1) is 7.31. The van der Waals surface area contributed by atoms with Crippen LogP contribution in [0.5, 0.6) is 5.75 Å². The Morgan fingerprint density at radius 2 is 1.87 bits per heavy atom. The van der Waals surface area contributed by atoms with Crippen LogP contribution in [0.3, 0.4) is 0 Å². The first kappa shape index (κ1) is 9.71. The second-order valence-corrected chi connectivity index (χ2v) is 3.18. The Hall–Kier alpha value is -1.83. The van der Waals surface area contributed by atoms with Gasteiger partial charge in [0.2, 0.25) is 0 Å². The van der Waals surface area contributed by atoms with E-state index in [1.165, 1.54) is 0 Å². The third-order valence-electron chi connectivity index (χ3n) is 2.17. The molecule has 2 rings (SSSR count). The molecule has 0 aliphatic heterocycles. The predicted molar refractivity (Wildman–Crippen MR) is 59.7 cm³/mol. The molecule has 0 spiro atoms. The van der Waals surface area contributed by atoms with Crippen LogP contribution in [-0.2, 0) is 0 Å². The number of halogens is 1. The van der Waals surface area contributed by atoms with E-state index < -0.39 is 6.36 Å². The van der Waals surface area contributed by atoms with Gasteiger partial charge in [0.05, 0.1) is 0 Å². The lowest BCUT2D eigenvalue weighted by atomic mass is 10.1. The minimum Gasteiger partial charge on any atom is -0.456 e. The zero-order chi connectivity index (χ0) is 10.7. The number of hydrogen-bond acceptors (Lipinski definition) is 1. The summed E-state index contributed by atoms with van der Waals surface area (Å²) in [5.74, 6) is 0.542. The van der Waals surface area contributed by atoms with Gasteiger partial charge in [-0.25, -0.2) is 0 Å². The van der Waals surface area contributed by atoms with Gasteiger partial charge < -0.3 is 4.74 Å². The van der Waals surface area contributed by atoms with Crippen molar-refractivity contribution in [2.24, 2.45) is 0 Å². The van der Waals surface area contributed by atoms with Crippen molar-refractivity contribution < 1.29 is 9.13 Å². The summed E-state index contributed by atoms with van der Waals surface area (Å²) in [5, 5.41) is 1.94. The highest BCUT2D eigenvalue weighted by molar-refractivity contribution is 5.88. The average Bonchev–Trinajstić information content (AvgIpc) is 2.29. The molecule has 2 aromatic carbocycles. The van der Waals surface area contributed by atoms with Crippen LogP contribution in [0.1, 0.15) is 0 Å². The monoisotopic (exact) mass is 202 g/mol. The van der Waals surface area contributed by atoms with Gasteiger partial charge in [0, 0.05) is 5.39 Å². The van der Waals surface area contributed by atoms with Crippen molar-refractivity contribution in [1.29, 1.82) is 0 Å². The van der Waals surface area contributed by atoms with Gasteiger partial charge in [0.25, 0.3) is 6.36 Å². The molecule has 0 saturated heterocycles. The van der Waals surface area contributed by atoms with Crippen LogP contribution in [-0.4, -0.2) is 6.36 Å². The van der Waals surface area contributed by atoms with Gasteiger partial charge in [-0.2, -0.15) is 4.39 Å². The molecule has 0 N–H and O–H groups in total. The Morgan fingerprint density at radius 1 is 1.13 bits per heavy atom. The number of benzene rings is 2. The molecule has 0 fully saturated rings. The molecule has 1 atom stereocenters. The van der Waals surface area contributed by atoms with Crippen LogP contribution in [0.15, 0.2) is 55.1 Å². The van der Waals surface area contributed by atoms with Gasteiger partial charge in [0.1, 0.15) is 5.75 Å². The first-order valence-corrected chi connectivity index (χ1v) is 4.72. The second-order valence-electron chi connectivity index (χ2n) is 3.18. The molecule has 2 aromatic rings. The van der Waals surface area contributed by atoms with Gasteiger partial charge in [-0.1, -0.05) is 43.0 Å². The highest BCUT2D eigenvalue weighted by atomic mass is 19.1. The van der Waals surface area contributed by atoms with Crippen LogP contribution in [0.2, 0.25) is 0 Å². The molecule has 0 aliphatic carbocycles. The molecule has 0 saturated carbocycles. The summed E-state index contributed by atoms with van der Waals surface area (Å²) in [5.41, 5.74) is 0. The van der Waals surface area contributed by atoms with Crippen molar-refractivity contribution in [3.05, 3.63) is 55.1 Å². The molecular formula is C13H11FO. The van der Waals surface area contributed by atoms with Crippen molar-refractivity contribution in [3.8, 4) is 5.75 Å². The van der Waals surface area contributed by atoms with Crippen LogP contribution in [0.25, 0.3) is 10.8 Å². The molecule has 15 heavy (non-hydrogen) atoms. The Kier molecular flexibility index (Phi) is 2.68. The molecule has 0 bridgehead atoms. The summed E-state index contributed by atoms with van der Waals surface area (Å²) >= 11 is 0. The molecule has 0 radical (unpaired) electrons. The maximum atomic E-state index is 13.0. The van der Waals surface area contributed by atoms with Crippen molar-refractivity contribution >= 4 is 10.8 Å². The molecule has 2 heteroatoms. The first-order valence-electron chi connectivity index (χ1n) is 4.72. The highest BCUT2D eigenvalue weighted by Gasteiger charge is 2.05. The zero-order valence-electron chi connectivity index (χ0n) is 8.19. The minimum atomic E-state index is -1.46. The fourth-order valence-corrected chi connectivity index (χ4v) is 1.47. The van der Waals surface area contributed by atoms with Crippen LogP contribution in [0, 0.1) is 0 Å². The van der Waals surface area contributed by atoms with E-state index in [1.54, 1.807) is 6.07 Å². The Morgan fingerprint density at radius 3 is 2.67 bits per heavy atom. The van der Waals surface area contributed by atoms with Gasteiger partial charge >= 0.3 is 0 Å². The summed E-state index contributed by atoms with van der Waals surface area (Å²) in [6, 6.07) is 13.3. The third kappa shape index (κ3) is 1.99. The van der Waals surface area contributed by atoms with E-state index in [0.717, 1.165) is 16.8 Å². The summed E-state index contributed by atoms with van der Waals surface area (Å²) in [6.45, 7) is 3.34. The van der Waals surface area contributed by atoms with Crippen molar-refractivity contribution in [1.82, 2.24) is 0 Å². The van der Waals surface area contributed by atoms with E-state index in [4.69, 9.17) is 4.74 Å². The topological polar surface area (TPSA) is 9.23 Å². The number of fused-ring (bicyclic) bond motifs is 1. The van der Waals surface area contributed by atoms with E-state index in [-0.39, 0.29) is 0 Å². The number of hydrogen-bond donors (Lipinski definition) is 0. The lowest BCUT2D eigenvalue weighted by Crippen LogP contribution is -2.05. The fraction of sp³-hybridized carbons (Fsp3) is 0.0769. The molecular weight excluding hydrogens is 191 g/mol. The van der Waals surface area contributed by atoms with Crippen molar-refractivity contribution in [2.75, 3.05) is 0 Å². The molecule has 1 nitrogen and oxygen atoms in total. The van der Waals surface area contributed by atoms with E-state index >= 15 is 0 Å². The van der Waals surface area contributed by atoms with Crippen molar-refractivity contribution in [3.63, 3.8) is 0 Å². The predicted octanol–water partition coefficient (Wildman–Crippen LogP) is 3.70. The molecule has 0 amide bonds. The van der Waals surface area contributed by atoms with Gasteiger partial charge in [0.15, 0.2) is 0 Å². The molecule has 1 unspecified atom stereocenters. The fourth-order valence-electron chi connectivity index (χ4n) is 1.47. The Labute approximate surface area is 87.8 Å². The molecule has 76 valence electrons. The van der Waals surface area contributed by atoms with E-state index in [2.05, 4.69) is 6.58 Å². The largest absolute Gasteiger partial charge is 0.456 e. The molecule has 0 aliphatic rings. The summed E-state index contributed by atoms with van der Waals surface area (Å²) in [6.07, 6.45) is -0.335. The lowest BCUT2D eigenvalue weighted by Gasteiger charge is -2.09. The van der Waals surface area contributed by atoms with Gasteiger partial charge in [-0.15, -0.1) is 0 Å². The minimum absolute atomic E-state index is 0.542. The number of alkyl halides is 1. The highest BCUT2D eigenvalue weighted by Crippen LogP contribution is 2.26. The Balaban J connectivity index is 2.46. The SMILES string of the molecule is C=CC(F)Oc1cccc2ccccc12. The van der Waals surface area contributed by atoms with E-state index in [9.17, 15) is 4.39 Å². The number of rotatable bonds is 3. The zero-order valence-corrected chi connectivity index (χ0v) is 8.19. The molecule has 0 heterocycles. The third-order valence-corrected chi connectivity index (χ3v) is 2.17. The van der Waals surface area contributed by atoms with Gasteiger partial charge in [-0.3, -0.25) is 0 Å². The lowest BCUT2D eigenvalue weighted by molar-refractivity contribution is 0.116. The summed E-state index contributed by atoms with van der Waals surface area (Å²) < 4.78 is 18.1. The maximum absolute atomic E-state index is 13.0. The quantitative estimate of drug-likeness (QED) is 0.689. The maximum Gasteiger partial charge on any atom is 0.257 e. The molecule has 0 aromatic heterocycles. The van der Waals surface area contributed by atoms with E-state index in [0.29, 0.717) is 5.75 Å². The summed E-state index contributed by atoms with van der Waals surface area (Å²) in [4.78, 5) is 0. The van der Waals surface area contributed by atoms with Crippen LogP contribution in [0.4, 0.5) is 4.39 Å². The van der Waals surface area contributed by atoms with Gasteiger partial charge in [-0.05, 0) is 17.5 Å². The van der Waals surface area contributed by atoms with Crippen LogP contribution < -0.4 is 4.74 Å². The van der Waals surface area contributed by atoms with Crippen molar-refractivity contribution in [2.45, 2.75) is 6.36 Å². The summed E-state index contributed by atoms with van der Waals surface area (Å²) in [7, 11) is 0.